The zero-order valence-corrected chi connectivity index (χ0v) is 12.1. The van der Waals surface area contributed by atoms with Gasteiger partial charge in [0.1, 0.15) is 11.4 Å². The lowest BCUT2D eigenvalue weighted by molar-refractivity contribution is 0.0518. The van der Waals surface area contributed by atoms with Crippen molar-refractivity contribution in [2.75, 3.05) is 5.73 Å². The number of rotatable bonds is 3. The molecule has 1 aromatic rings. The molecule has 1 atom stereocenters. The number of alkyl carbamates (subject to hydrolysis) is 1. The maximum absolute atomic E-state index is 12.8. The Morgan fingerprint density at radius 2 is 2.20 bits per heavy atom. The number of ether oxygens (including phenoxy) is 1. The number of nitrogens with one attached hydrogen (secondary N) is 1. The highest BCUT2D eigenvalue weighted by Gasteiger charge is 2.16. The highest BCUT2D eigenvalue weighted by atomic mass is 19.1. The van der Waals surface area contributed by atoms with Crippen LogP contribution in [0.5, 0.6) is 0 Å². The van der Waals surface area contributed by atoms with Crippen LogP contribution >= 0.6 is 0 Å². The van der Waals surface area contributed by atoms with Crippen molar-refractivity contribution in [3.05, 3.63) is 29.9 Å². The molecule has 1 rings (SSSR count). The summed E-state index contributed by atoms with van der Waals surface area (Å²) in [7, 11) is 0. The number of aromatic nitrogens is 1. The number of carbonyl (C=O) groups excluding carboxylic acids is 1. The number of amides is 1. The summed E-state index contributed by atoms with van der Waals surface area (Å²) >= 11 is 0. The molecule has 1 heterocycles. The summed E-state index contributed by atoms with van der Waals surface area (Å²) in [5.41, 5.74) is 5.77. The van der Waals surface area contributed by atoms with Gasteiger partial charge in [0.25, 0.3) is 0 Å². The van der Waals surface area contributed by atoms with E-state index in [0.717, 1.165) is 6.20 Å². The van der Waals surface area contributed by atoms with Gasteiger partial charge in [-0.25, -0.2) is 9.18 Å². The molecular formula is C14H20FN3O2. The van der Waals surface area contributed by atoms with Gasteiger partial charge in [0.2, 0.25) is 0 Å². The Labute approximate surface area is 118 Å². The molecule has 6 heteroatoms. The predicted molar refractivity (Wildman–Crippen MR) is 76.5 cm³/mol. The Morgan fingerprint density at radius 3 is 2.75 bits per heavy atom. The van der Waals surface area contributed by atoms with Crippen molar-refractivity contribution >= 4 is 17.9 Å². The Hall–Kier alpha value is -2.11. The van der Waals surface area contributed by atoms with E-state index < -0.39 is 17.5 Å². The van der Waals surface area contributed by atoms with Crippen LogP contribution in [0.25, 0.3) is 6.08 Å². The zero-order valence-electron chi connectivity index (χ0n) is 12.1. The molecule has 3 N–H and O–H groups in total. The van der Waals surface area contributed by atoms with Crippen LogP contribution in [-0.2, 0) is 4.74 Å². The fraction of sp³-hybridized carbons (Fsp3) is 0.429. The summed E-state index contributed by atoms with van der Waals surface area (Å²) in [5.74, 6) is -0.487. The smallest absolute Gasteiger partial charge is 0.408 e. The van der Waals surface area contributed by atoms with Gasteiger partial charge in [0.05, 0.1) is 17.6 Å². The third kappa shape index (κ3) is 5.69. The fourth-order valence-corrected chi connectivity index (χ4v) is 1.38. The molecule has 0 saturated carbocycles. The van der Waals surface area contributed by atoms with Crippen molar-refractivity contribution in [2.45, 2.75) is 39.3 Å². The summed E-state index contributed by atoms with van der Waals surface area (Å²) in [5, 5.41) is 2.65. The van der Waals surface area contributed by atoms with Crippen LogP contribution in [0.1, 0.15) is 33.4 Å². The molecule has 0 aliphatic heterocycles. The first-order valence-electron chi connectivity index (χ1n) is 6.26. The fourth-order valence-electron chi connectivity index (χ4n) is 1.38. The molecular weight excluding hydrogens is 261 g/mol. The number of carbonyl (C=O) groups is 1. The van der Waals surface area contributed by atoms with E-state index in [1.165, 1.54) is 6.07 Å². The number of nitrogens with zero attached hydrogens (tertiary/aromatic N) is 1. The molecule has 0 bridgehead atoms. The number of nitrogens with two attached hydrogens (primary N) is 1. The van der Waals surface area contributed by atoms with Crippen molar-refractivity contribution in [3.63, 3.8) is 0 Å². The van der Waals surface area contributed by atoms with Gasteiger partial charge < -0.3 is 15.8 Å². The largest absolute Gasteiger partial charge is 0.444 e. The maximum atomic E-state index is 12.8. The van der Waals surface area contributed by atoms with Crippen LogP contribution in [0, 0.1) is 5.82 Å². The number of nitrogen functional groups attached to an aromatic ring is 1. The molecule has 0 aliphatic carbocycles. The summed E-state index contributed by atoms with van der Waals surface area (Å²) in [6.45, 7) is 7.14. The molecule has 110 valence electrons. The number of halogens is 1. The normalized spacial score (nSPS) is 13.2. The van der Waals surface area contributed by atoms with E-state index in [9.17, 15) is 9.18 Å². The van der Waals surface area contributed by atoms with Crippen molar-refractivity contribution in [3.8, 4) is 0 Å². The minimum Gasteiger partial charge on any atom is -0.444 e. The second-order valence-corrected chi connectivity index (χ2v) is 5.42. The third-order valence-electron chi connectivity index (χ3n) is 2.20. The minimum absolute atomic E-state index is 0.241. The first-order valence-corrected chi connectivity index (χ1v) is 6.26. The van der Waals surface area contributed by atoms with Crippen LogP contribution in [0.15, 0.2) is 18.3 Å². The predicted octanol–water partition coefficient (Wildman–Crippen LogP) is 2.73. The monoisotopic (exact) mass is 281 g/mol. The quantitative estimate of drug-likeness (QED) is 0.893. The molecule has 0 saturated heterocycles. The van der Waals surface area contributed by atoms with Crippen LogP contribution in [0.2, 0.25) is 0 Å². The lowest BCUT2D eigenvalue weighted by atomic mass is 10.2. The summed E-state index contributed by atoms with van der Waals surface area (Å²) in [6.07, 6.45) is 3.90. The zero-order chi connectivity index (χ0) is 15.3. The Morgan fingerprint density at radius 1 is 1.55 bits per heavy atom. The van der Waals surface area contributed by atoms with Crippen molar-refractivity contribution < 1.29 is 13.9 Å². The van der Waals surface area contributed by atoms with Crippen LogP contribution in [-0.4, -0.2) is 22.7 Å². The lowest BCUT2D eigenvalue weighted by Gasteiger charge is -2.20. The van der Waals surface area contributed by atoms with Crippen molar-refractivity contribution in [2.24, 2.45) is 0 Å². The van der Waals surface area contributed by atoms with Gasteiger partial charge in [0.15, 0.2) is 0 Å². The topological polar surface area (TPSA) is 77.2 Å². The highest BCUT2D eigenvalue weighted by Crippen LogP contribution is 2.12. The SMILES string of the molecule is C[C@H](/C=C/c1ncc(F)cc1N)NC(=O)OC(C)(C)C. The molecule has 0 radical (unpaired) electrons. The minimum atomic E-state index is -0.545. The first kappa shape index (κ1) is 15.9. The molecule has 0 spiro atoms. The van der Waals surface area contributed by atoms with Crippen LogP contribution in [0.4, 0.5) is 14.9 Å². The van der Waals surface area contributed by atoms with Gasteiger partial charge in [0, 0.05) is 12.1 Å². The third-order valence-corrected chi connectivity index (χ3v) is 2.20. The number of anilines is 1. The Kier molecular flexibility index (Phi) is 5.07. The van der Waals surface area contributed by atoms with Gasteiger partial charge in [-0.05, 0) is 33.8 Å². The molecule has 5 nitrogen and oxygen atoms in total. The van der Waals surface area contributed by atoms with E-state index >= 15 is 0 Å². The van der Waals surface area contributed by atoms with Crippen LogP contribution < -0.4 is 11.1 Å². The molecule has 0 fully saturated rings. The van der Waals surface area contributed by atoms with Gasteiger partial charge >= 0.3 is 6.09 Å². The molecule has 1 aromatic heterocycles. The number of hydrogen-bond acceptors (Lipinski definition) is 4. The number of pyridine rings is 1. The lowest BCUT2D eigenvalue weighted by Crippen LogP contribution is -2.36. The van der Waals surface area contributed by atoms with Gasteiger partial charge in [-0.3, -0.25) is 4.98 Å². The van der Waals surface area contributed by atoms with Crippen molar-refractivity contribution in [1.29, 1.82) is 0 Å². The molecule has 0 aromatic carbocycles. The van der Waals surface area contributed by atoms with E-state index in [1.807, 2.05) is 0 Å². The van der Waals surface area contributed by atoms with E-state index in [4.69, 9.17) is 10.5 Å². The van der Waals surface area contributed by atoms with Crippen molar-refractivity contribution in [1.82, 2.24) is 10.3 Å². The van der Waals surface area contributed by atoms with Gasteiger partial charge in [-0.15, -0.1) is 0 Å². The molecule has 1 amide bonds. The van der Waals surface area contributed by atoms with E-state index in [-0.39, 0.29) is 11.7 Å². The van der Waals surface area contributed by atoms with E-state index in [0.29, 0.717) is 5.69 Å². The average molecular weight is 281 g/mol. The van der Waals surface area contributed by atoms with E-state index in [1.54, 1.807) is 39.8 Å². The Bertz CT molecular complexity index is 510. The summed E-state index contributed by atoms with van der Waals surface area (Å²) in [6, 6.07) is 0.926. The van der Waals surface area contributed by atoms with Gasteiger partial charge in [-0.2, -0.15) is 0 Å². The molecule has 20 heavy (non-hydrogen) atoms. The summed E-state index contributed by atoms with van der Waals surface area (Å²) < 4.78 is 18.0. The van der Waals surface area contributed by atoms with Gasteiger partial charge in [-0.1, -0.05) is 6.08 Å². The second-order valence-electron chi connectivity index (χ2n) is 5.42. The Balaban J connectivity index is 2.59. The van der Waals surface area contributed by atoms with E-state index in [2.05, 4.69) is 10.3 Å². The highest BCUT2D eigenvalue weighted by molar-refractivity contribution is 5.69. The van der Waals surface area contributed by atoms with Crippen LogP contribution in [0.3, 0.4) is 0 Å². The standard InChI is InChI=1S/C14H20FN3O2/c1-9(18-13(19)20-14(2,3)4)5-6-12-11(16)7-10(15)8-17-12/h5-9H,16H2,1-4H3,(H,18,19)/b6-5+/t9-/m1/s1. The number of hydrogen-bond donors (Lipinski definition) is 2. The molecule has 0 unspecified atom stereocenters. The maximum Gasteiger partial charge on any atom is 0.408 e. The first-order chi connectivity index (χ1) is 9.17. The second kappa shape index (κ2) is 6.36. The molecule has 0 aliphatic rings. The average Bonchev–Trinajstić information content (AvgIpc) is 2.24. The summed E-state index contributed by atoms with van der Waals surface area (Å²) in [4.78, 5) is 15.4.